The van der Waals surface area contributed by atoms with Gasteiger partial charge in [-0.1, -0.05) is 12.1 Å². The molecule has 0 aliphatic heterocycles. The largest absolute Gasteiger partial charge is 0.398 e. The van der Waals surface area contributed by atoms with Crippen molar-refractivity contribution in [3.8, 4) is 0 Å². The van der Waals surface area contributed by atoms with E-state index in [0.717, 1.165) is 17.0 Å². The number of nitrogens with zero attached hydrogens (tertiary/aromatic N) is 2. The van der Waals surface area contributed by atoms with Crippen LogP contribution in [0.5, 0.6) is 0 Å². The Labute approximate surface area is 103 Å². The zero-order chi connectivity index (χ0) is 12.3. The van der Waals surface area contributed by atoms with Gasteiger partial charge in [-0.05, 0) is 18.2 Å². The van der Waals surface area contributed by atoms with E-state index in [1.807, 2.05) is 31.3 Å². The molecule has 0 aliphatic rings. The Morgan fingerprint density at radius 1 is 1.35 bits per heavy atom. The highest BCUT2D eigenvalue weighted by atomic mass is 32.2. The molecule has 0 fully saturated rings. The molecule has 0 aliphatic carbocycles. The van der Waals surface area contributed by atoms with Crippen LogP contribution in [0.15, 0.2) is 41.4 Å². The van der Waals surface area contributed by atoms with E-state index in [-0.39, 0.29) is 0 Å². The fourth-order valence-corrected chi connectivity index (χ4v) is 2.82. The monoisotopic (exact) mass is 249 g/mol. The van der Waals surface area contributed by atoms with Gasteiger partial charge in [-0.25, -0.2) is 0 Å². The highest BCUT2D eigenvalue weighted by Crippen LogP contribution is 2.16. The Kier molecular flexibility index (Phi) is 3.58. The molecule has 0 bridgehead atoms. The molecule has 17 heavy (non-hydrogen) atoms. The SMILES string of the molecule is Cn1nccc1CCS(=O)c1ccccc1N. The number of aryl methyl sites for hydroxylation is 2. The lowest BCUT2D eigenvalue weighted by atomic mass is 10.3. The smallest absolute Gasteiger partial charge is 0.0617 e. The Morgan fingerprint density at radius 3 is 2.76 bits per heavy atom. The molecule has 0 radical (unpaired) electrons. The van der Waals surface area contributed by atoms with Crippen LogP contribution in [0.2, 0.25) is 0 Å². The normalized spacial score (nSPS) is 12.5. The predicted molar refractivity (Wildman–Crippen MR) is 69.0 cm³/mol. The van der Waals surface area contributed by atoms with Crippen LogP contribution in [0.4, 0.5) is 5.69 Å². The maximum absolute atomic E-state index is 12.1. The lowest BCUT2D eigenvalue weighted by Crippen LogP contribution is -2.07. The van der Waals surface area contributed by atoms with Crippen LogP contribution in [0.3, 0.4) is 0 Å². The van der Waals surface area contributed by atoms with E-state index in [1.165, 1.54) is 0 Å². The van der Waals surface area contributed by atoms with Gasteiger partial charge in [-0.2, -0.15) is 5.10 Å². The van der Waals surface area contributed by atoms with Crippen molar-refractivity contribution in [3.05, 3.63) is 42.2 Å². The van der Waals surface area contributed by atoms with Crippen LogP contribution in [-0.4, -0.2) is 19.7 Å². The maximum Gasteiger partial charge on any atom is 0.0617 e. The van der Waals surface area contributed by atoms with Crippen LogP contribution >= 0.6 is 0 Å². The molecule has 1 aromatic carbocycles. The third-order valence-electron chi connectivity index (χ3n) is 2.63. The maximum atomic E-state index is 12.1. The van der Waals surface area contributed by atoms with Gasteiger partial charge in [-0.15, -0.1) is 0 Å². The minimum absolute atomic E-state index is 0.563. The summed E-state index contributed by atoms with van der Waals surface area (Å²) in [6.07, 6.45) is 2.48. The lowest BCUT2D eigenvalue weighted by molar-refractivity contribution is 0.678. The number of nitrogens with two attached hydrogens (primary N) is 1. The average molecular weight is 249 g/mol. The minimum atomic E-state index is -1.05. The van der Waals surface area contributed by atoms with E-state index >= 15 is 0 Å². The molecule has 2 N–H and O–H groups in total. The van der Waals surface area contributed by atoms with E-state index in [0.29, 0.717) is 11.4 Å². The van der Waals surface area contributed by atoms with Crippen LogP contribution in [-0.2, 0) is 24.3 Å². The summed E-state index contributed by atoms with van der Waals surface area (Å²) in [5.74, 6) is 0.563. The number of benzene rings is 1. The molecular formula is C12H15N3OS. The number of para-hydroxylation sites is 1. The van der Waals surface area contributed by atoms with Gasteiger partial charge in [0.25, 0.3) is 0 Å². The summed E-state index contributed by atoms with van der Waals surface area (Å²) in [6, 6.07) is 9.22. The van der Waals surface area contributed by atoms with Crippen LogP contribution in [0.1, 0.15) is 5.69 Å². The lowest BCUT2D eigenvalue weighted by Gasteiger charge is -2.05. The van der Waals surface area contributed by atoms with Crippen molar-refractivity contribution in [1.82, 2.24) is 9.78 Å². The standard InChI is InChI=1S/C12H15N3OS/c1-15-10(6-8-14-15)7-9-17(16)12-5-3-2-4-11(12)13/h2-6,8H,7,9,13H2,1H3. The Hall–Kier alpha value is -1.62. The van der Waals surface area contributed by atoms with E-state index in [2.05, 4.69) is 5.10 Å². The highest BCUT2D eigenvalue weighted by Gasteiger charge is 2.08. The number of aromatic nitrogens is 2. The van der Waals surface area contributed by atoms with Gasteiger partial charge in [0, 0.05) is 36.8 Å². The fraction of sp³-hybridized carbons (Fsp3) is 0.250. The molecule has 2 rings (SSSR count). The van der Waals surface area contributed by atoms with Gasteiger partial charge in [-0.3, -0.25) is 8.89 Å². The van der Waals surface area contributed by atoms with E-state index in [9.17, 15) is 4.21 Å². The number of nitrogen functional groups attached to an aromatic ring is 1. The van der Waals surface area contributed by atoms with Crippen molar-refractivity contribution in [2.75, 3.05) is 11.5 Å². The first kappa shape index (κ1) is 11.9. The van der Waals surface area contributed by atoms with Gasteiger partial charge in [0.15, 0.2) is 0 Å². The fourth-order valence-electron chi connectivity index (χ4n) is 1.64. The van der Waals surface area contributed by atoms with Crippen molar-refractivity contribution >= 4 is 16.5 Å². The number of hydrogen-bond acceptors (Lipinski definition) is 3. The van der Waals surface area contributed by atoms with Gasteiger partial charge >= 0.3 is 0 Å². The van der Waals surface area contributed by atoms with Gasteiger partial charge in [0.1, 0.15) is 0 Å². The van der Waals surface area contributed by atoms with Gasteiger partial charge in [0.2, 0.25) is 0 Å². The van der Waals surface area contributed by atoms with Crippen LogP contribution in [0.25, 0.3) is 0 Å². The molecule has 0 spiro atoms. The molecule has 1 unspecified atom stereocenters. The first-order chi connectivity index (χ1) is 8.18. The summed E-state index contributed by atoms with van der Waals surface area (Å²) in [4.78, 5) is 0.717. The van der Waals surface area contributed by atoms with Crippen molar-refractivity contribution < 1.29 is 4.21 Å². The van der Waals surface area contributed by atoms with Crippen LogP contribution in [0, 0.1) is 0 Å². The van der Waals surface area contributed by atoms with Crippen molar-refractivity contribution in [2.45, 2.75) is 11.3 Å². The summed E-state index contributed by atoms with van der Waals surface area (Å²) >= 11 is 0. The quantitative estimate of drug-likeness (QED) is 0.832. The first-order valence-corrected chi connectivity index (χ1v) is 6.70. The summed E-state index contributed by atoms with van der Waals surface area (Å²) in [6.45, 7) is 0. The molecular weight excluding hydrogens is 234 g/mol. The topological polar surface area (TPSA) is 60.9 Å². The van der Waals surface area contributed by atoms with Crippen molar-refractivity contribution in [1.29, 1.82) is 0 Å². The third-order valence-corrected chi connectivity index (χ3v) is 4.07. The minimum Gasteiger partial charge on any atom is -0.398 e. The number of anilines is 1. The second kappa shape index (κ2) is 5.14. The third kappa shape index (κ3) is 2.74. The van der Waals surface area contributed by atoms with E-state index < -0.39 is 10.8 Å². The summed E-state index contributed by atoms with van der Waals surface area (Å²) < 4.78 is 13.9. The average Bonchev–Trinajstić information content (AvgIpc) is 2.72. The van der Waals surface area contributed by atoms with Crippen molar-refractivity contribution in [2.24, 2.45) is 7.05 Å². The summed E-state index contributed by atoms with van der Waals surface area (Å²) in [7, 11) is 0.830. The zero-order valence-electron chi connectivity index (χ0n) is 9.67. The molecule has 0 amide bonds. The van der Waals surface area contributed by atoms with Gasteiger partial charge < -0.3 is 5.73 Å². The molecule has 5 heteroatoms. The van der Waals surface area contributed by atoms with Gasteiger partial charge in [0.05, 0.1) is 15.7 Å². The molecule has 4 nitrogen and oxygen atoms in total. The predicted octanol–water partition coefficient (Wildman–Crippen LogP) is 1.35. The second-order valence-corrected chi connectivity index (χ2v) is 5.32. The molecule has 0 saturated heterocycles. The number of rotatable bonds is 4. The zero-order valence-corrected chi connectivity index (χ0v) is 10.5. The summed E-state index contributed by atoms with van der Waals surface area (Å²) in [5.41, 5.74) is 7.46. The molecule has 1 aromatic heterocycles. The first-order valence-electron chi connectivity index (χ1n) is 5.38. The van der Waals surface area contributed by atoms with Crippen LogP contribution < -0.4 is 5.73 Å². The number of hydrogen-bond donors (Lipinski definition) is 1. The Bertz CT molecular complexity index is 536. The molecule has 2 aromatic rings. The molecule has 1 heterocycles. The second-order valence-electron chi connectivity index (χ2n) is 3.78. The highest BCUT2D eigenvalue weighted by molar-refractivity contribution is 7.85. The Balaban J connectivity index is 2.04. The van der Waals surface area contributed by atoms with E-state index in [4.69, 9.17) is 5.73 Å². The van der Waals surface area contributed by atoms with E-state index in [1.54, 1.807) is 16.9 Å². The molecule has 1 atom stereocenters. The Morgan fingerprint density at radius 2 is 2.12 bits per heavy atom. The van der Waals surface area contributed by atoms with Crippen molar-refractivity contribution in [3.63, 3.8) is 0 Å². The molecule has 90 valence electrons. The summed E-state index contributed by atoms with van der Waals surface area (Å²) in [5, 5.41) is 4.08. The molecule has 0 saturated carbocycles.